The Hall–Kier alpha value is -1.84. The molecular weight excluding hydrogens is 308 g/mol. The van der Waals surface area contributed by atoms with Gasteiger partial charge < -0.3 is 5.32 Å². The molecule has 0 aliphatic heterocycles. The molecule has 0 saturated heterocycles. The van der Waals surface area contributed by atoms with Crippen molar-refractivity contribution in [2.75, 3.05) is 5.32 Å². The number of rotatable bonds is 6. The van der Waals surface area contributed by atoms with Crippen molar-refractivity contribution in [2.45, 2.75) is 39.3 Å². The van der Waals surface area contributed by atoms with Gasteiger partial charge >= 0.3 is 0 Å². The fraction of sp³-hybridized carbons (Fsp3) is 0.316. The Labute approximate surface area is 143 Å². The van der Waals surface area contributed by atoms with Crippen LogP contribution in [-0.2, 0) is 11.2 Å². The number of hydrogen-bond acceptors (Lipinski definition) is 2. The van der Waals surface area contributed by atoms with Gasteiger partial charge in [-0.1, -0.05) is 42.8 Å². The van der Waals surface area contributed by atoms with Crippen LogP contribution in [-0.4, -0.2) is 11.9 Å². The highest BCUT2D eigenvalue weighted by Gasteiger charge is 2.16. The Bertz CT molecular complexity index is 655. The van der Waals surface area contributed by atoms with E-state index in [1.54, 1.807) is 0 Å². The van der Waals surface area contributed by atoms with Crippen LogP contribution in [0.25, 0.3) is 0 Å². The first kappa shape index (κ1) is 17.5. The van der Waals surface area contributed by atoms with E-state index in [0.717, 1.165) is 17.7 Å². The van der Waals surface area contributed by atoms with E-state index in [1.165, 1.54) is 5.56 Å². The zero-order valence-electron chi connectivity index (χ0n) is 13.8. The Morgan fingerprint density at radius 2 is 1.83 bits per heavy atom. The number of halogens is 1. The largest absolute Gasteiger partial charge is 0.325 e. The van der Waals surface area contributed by atoms with Gasteiger partial charge in [0, 0.05) is 16.8 Å². The molecule has 0 radical (unpaired) electrons. The SMILES string of the molecule is CCc1ccc(NC(=O)[C@H](C)N[C@H](C)c2cccc(Cl)c2)cc1. The molecule has 2 N–H and O–H groups in total. The number of benzene rings is 2. The van der Waals surface area contributed by atoms with Gasteiger partial charge in [-0.3, -0.25) is 10.1 Å². The Kier molecular flexibility index (Phi) is 6.20. The molecule has 0 unspecified atom stereocenters. The van der Waals surface area contributed by atoms with Crippen molar-refractivity contribution in [3.05, 3.63) is 64.7 Å². The summed E-state index contributed by atoms with van der Waals surface area (Å²) in [7, 11) is 0. The maximum atomic E-state index is 12.3. The van der Waals surface area contributed by atoms with Gasteiger partial charge in [0.15, 0.2) is 0 Å². The smallest absolute Gasteiger partial charge is 0.241 e. The Morgan fingerprint density at radius 3 is 2.43 bits per heavy atom. The predicted molar refractivity (Wildman–Crippen MR) is 96.9 cm³/mol. The lowest BCUT2D eigenvalue weighted by molar-refractivity contribution is -0.117. The van der Waals surface area contributed by atoms with E-state index in [4.69, 9.17) is 11.6 Å². The molecule has 3 nitrogen and oxygen atoms in total. The zero-order chi connectivity index (χ0) is 16.8. The molecule has 2 aromatic rings. The zero-order valence-corrected chi connectivity index (χ0v) is 14.5. The Morgan fingerprint density at radius 1 is 1.13 bits per heavy atom. The van der Waals surface area contributed by atoms with E-state index in [0.29, 0.717) is 5.02 Å². The quantitative estimate of drug-likeness (QED) is 0.814. The fourth-order valence-electron chi connectivity index (χ4n) is 2.40. The highest BCUT2D eigenvalue weighted by atomic mass is 35.5. The molecule has 0 fully saturated rings. The summed E-state index contributed by atoms with van der Waals surface area (Å²) in [6, 6.07) is 15.3. The van der Waals surface area contributed by atoms with E-state index < -0.39 is 0 Å². The van der Waals surface area contributed by atoms with Gasteiger partial charge in [0.25, 0.3) is 0 Å². The average molecular weight is 331 g/mol. The first-order valence-electron chi connectivity index (χ1n) is 7.91. The van der Waals surface area contributed by atoms with E-state index in [-0.39, 0.29) is 18.0 Å². The minimum absolute atomic E-state index is 0.0388. The standard InChI is InChI=1S/C19H23ClN2O/c1-4-15-8-10-18(11-9-15)22-19(23)14(3)21-13(2)16-6-5-7-17(20)12-16/h5-14,21H,4H2,1-3H3,(H,22,23)/t13-,14+/m1/s1. The lowest BCUT2D eigenvalue weighted by atomic mass is 10.1. The Balaban J connectivity index is 1.93. The fourth-order valence-corrected chi connectivity index (χ4v) is 2.60. The lowest BCUT2D eigenvalue weighted by Gasteiger charge is -2.20. The van der Waals surface area contributed by atoms with Crippen LogP contribution >= 0.6 is 11.6 Å². The number of aryl methyl sites for hydroxylation is 1. The lowest BCUT2D eigenvalue weighted by Crippen LogP contribution is -2.39. The minimum Gasteiger partial charge on any atom is -0.325 e. The molecule has 2 atom stereocenters. The van der Waals surface area contributed by atoms with Gasteiger partial charge in [-0.15, -0.1) is 0 Å². The molecule has 4 heteroatoms. The first-order valence-corrected chi connectivity index (χ1v) is 8.28. The summed E-state index contributed by atoms with van der Waals surface area (Å²) in [4.78, 5) is 12.3. The van der Waals surface area contributed by atoms with E-state index >= 15 is 0 Å². The van der Waals surface area contributed by atoms with Gasteiger partial charge in [0.05, 0.1) is 6.04 Å². The summed E-state index contributed by atoms with van der Waals surface area (Å²) in [5, 5.41) is 6.93. The molecule has 0 aliphatic carbocycles. The third kappa shape index (κ3) is 5.08. The van der Waals surface area contributed by atoms with Crippen LogP contribution in [0.5, 0.6) is 0 Å². The monoisotopic (exact) mass is 330 g/mol. The topological polar surface area (TPSA) is 41.1 Å². The van der Waals surface area contributed by atoms with Crippen molar-refractivity contribution in [1.29, 1.82) is 0 Å². The molecule has 0 aromatic heterocycles. The summed E-state index contributed by atoms with van der Waals surface area (Å²) < 4.78 is 0. The molecule has 0 bridgehead atoms. The molecule has 0 heterocycles. The number of nitrogens with one attached hydrogen (secondary N) is 2. The van der Waals surface area contributed by atoms with Crippen LogP contribution in [0.2, 0.25) is 5.02 Å². The van der Waals surface area contributed by atoms with Crippen LogP contribution in [0.4, 0.5) is 5.69 Å². The van der Waals surface area contributed by atoms with Gasteiger partial charge in [0.2, 0.25) is 5.91 Å². The molecule has 0 aliphatic rings. The minimum atomic E-state index is -0.310. The van der Waals surface area contributed by atoms with E-state index in [2.05, 4.69) is 17.6 Å². The predicted octanol–water partition coefficient (Wildman–Crippen LogP) is 4.58. The molecule has 2 rings (SSSR count). The van der Waals surface area contributed by atoms with Gasteiger partial charge in [-0.2, -0.15) is 0 Å². The summed E-state index contributed by atoms with van der Waals surface area (Å²) in [6.07, 6.45) is 0.989. The summed E-state index contributed by atoms with van der Waals surface area (Å²) in [5.74, 6) is -0.0527. The summed E-state index contributed by atoms with van der Waals surface area (Å²) >= 11 is 6.01. The third-order valence-electron chi connectivity index (χ3n) is 3.87. The van der Waals surface area contributed by atoms with E-state index in [1.807, 2.05) is 62.4 Å². The molecule has 0 spiro atoms. The van der Waals surface area contributed by atoms with Crippen molar-refractivity contribution in [2.24, 2.45) is 0 Å². The van der Waals surface area contributed by atoms with Gasteiger partial charge in [-0.25, -0.2) is 0 Å². The third-order valence-corrected chi connectivity index (χ3v) is 4.11. The normalized spacial score (nSPS) is 13.4. The van der Waals surface area contributed by atoms with Crippen molar-refractivity contribution in [3.63, 3.8) is 0 Å². The highest BCUT2D eigenvalue weighted by molar-refractivity contribution is 6.30. The van der Waals surface area contributed by atoms with Gasteiger partial charge in [0.1, 0.15) is 0 Å². The van der Waals surface area contributed by atoms with Crippen LogP contribution in [0.1, 0.15) is 37.9 Å². The van der Waals surface area contributed by atoms with Crippen LogP contribution in [0.3, 0.4) is 0 Å². The van der Waals surface area contributed by atoms with Crippen molar-refractivity contribution in [1.82, 2.24) is 5.32 Å². The molecule has 1 amide bonds. The van der Waals surface area contributed by atoms with E-state index in [9.17, 15) is 4.79 Å². The maximum absolute atomic E-state index is 12.3. The number of carbonyl (C=O) groups excluding carboxylic acids is 1. The number of carbonyl (C=O) groups is 1. The van der Waals surface area contributed by atoms with Crippen molar-refractivity contribution in [3.8, 4) is 0 Å². The number of anilines is 1. The van der Waals surface area contributed by atoms with Crippen molar-refractivity contribution < 1.29 is 4.79 Å². The molecule has 2 aromatic carbocycles. The van der Waals surface area contributed by atoms with Crippen LogP contribution in [0, 0.1) is 0 Å². The first-order chi connectivity index (χ1) is 11.0. The highest BCUT2D eigenvalue weighted by Crippen LogP contribution is 2.18. The number of amides is 1. The summed E-state index contributed by atoms with van der Waals surface area (Å²) in [5.41, 5.74) is 3.13. The van der Waals surface area contributed by atoms with Crippen molar-refractivity contribution >= 4 is 23.2 Å². The van der Waals surface area contributed by atoms with Crippen LogP contribution < -0.4 is 10.6 Å². The molecule has 23 heavy (non-hydrogen) atoms. The second kappa shape index (κ2) is 8.14. The molecule has 0 saturated carbocycles. The van der Waals surface area contributed by atoms with Gasteiger partial charge in [-0.05, 0) is 55.7 Å². The molecule has 122 valence electrons. The second-order valence-electron chi connectivity index (χ2n) is 5.70. The average Bonchev–Trinajstić information content (AvgIpc) is 2.55. The second-order valence-corrected chi connectivity index (χ2v) is 6.14. The molecular formula is C19H23ClN2O. The summed E-state index contributed by atoms with van der Waals surface area (Å²) in [6.45, 7) is 5.99. The maximum Gasteiger partial charge on any atom is 0.241 e. The number of hydrogen-bond donors (Lipinski definition) is 2. The van der Waals surface area contributed by atoms with Crippen LogP contribution in [0.15, 0.2) is 48.5 Å².